The smallest absolute Gasteiger partial charge is 0.422 e. The predicted octanol–water partition coefficient (Wildman–Crippen LogP) is 3.58. The highest BCUT2D eigenvalue weighted by Crippen LogP contribution is 2.31. The lowest BCUT2D eigenvalue weighted by molar-refractivity contribution is -0.384. The number of alkyl halides is 3. The van der Waals surface area contributed by atoms with Gasteiger partial charge < -0.3 is 19.7 Å². The van der Waals surface area contributed by atoms with E-state index in [9.17, 15) is 28.1 Å². The molecule has 1 aliphatic heterocycles. The summed E-state index contributed by atoms with van der Waals surface area (Å²) in [6.07, 6.45) is -4.64. The van der Waals surface area contributed by atoms with Crippen LogP contribution in [0.5, 0.6) is 6.01 Å². The van der Waals surface area contributed by atoms with Crippen molar-refractivity contribution in [2.24, 2.45) is 0 Å². The number of hydrogen-bond donors (Lipinski definition) is 1. The van der Waals surface area contributed by atoms with Crippen molar-refractivity contribution < 1.29 is 32.4 Å². The minimum absolute atomic E-state index is 0.0740. The topological polar surface area (TPSA) is 120 Å². The Morgan fingerprint density at radius 2 is 2.03 bits per heavy atom. The maximum absolute atomic E-state index is 12.6. The molecular weight excluding hydrogens is 435 g/mol. The first kappa shape index (κ1) is 23.3. The van der Waals surface area contributed by atoms with E-state index < -0.39 is 35.4 Å². The van der Waals surface area contributed by atoms with Gasteiger partial charge in [0.05, 0.1) is 16.5 Å². The monoisotopic (exact) mass is 457 g/mol. The lowest BCUT2D eigenvalue weighted by Crippen LogP contribution is -2.40. The van der Waals surface area contributed by atoms with Gasteiger partial charge in [-0.05, 0) is 33.3 Å². The van der Waals surface area contributed by atoms with Crippen LogP contribution in [0, 0.1) is 10.1 Å². The molecular formula is C19H22F3N5O5. The van der Waals surface area contributed by atoms with Gasteiger partial charge in [0, 0.05) is 30.6 Å². The van der Waals surface area contributed by atoms with Gasteiger partial charge in [0.2, 0.25) is 0 Å². The molecule has 2 aromatic rings. The zero-order chi connectivity index (χ0) is 23.7. The van der Waals surface area contributed by atoms with Gasteiger partial charge in [0.15, 0.2) is 6.61 Å². The SMILES string of the molecule is CC(C)(C)OC(=O)N[C@@H]1CCN(c2nc(OCC(F)(F)F)nc3cc([N+](=O)[O-])ccc23)C1. The number of carbonyl (C=O) groups is 1. The number of non-ortho nitro benzene ring substituents is 1. The Hall–Kier alpha value is -3.38. The molecule has 0 aliphatic carbocycles. The second-order valence-corrected chi connectivity index (χ2v) is 8.27. The van der Waals surface area contributed by atoms with Crippen LogP contribution in [0.4, 0.5) is 29.5 Å². The van der Waals surface area contributed by atoms with Crippen molar-refractivity contribution in [2.45, 2.75) is 45.0 Å². The molecule has 0 radical (unpaired) electrons. The van der Waals surface area contributed by atoms with Crippen LogP contribution in [-0.4, -0.2) is 58.5 Å². The van der Waals surface area contributed by atoms with Gasteiger partial charge in [-0.15, -0.1) is 0 Å². The number of benzene rings is 1. The van der Waals surface area contributed by atoms with Gasteiger partial charge in [0.1, 0.15) is 11.4 Å². The number of nitro groups is 1. The number of carbonyl (C=O) groups excluding carboxylic acids is 1. The second kappa shape index (κ2) is 8.63. The van der Waals surface area contributed by atoms with E-state index in [0.29, 0.717) is 24.9 Å². The Labute approximate surface area is 180 Å². The number of anilines is 1. The molecule has 0 bridgehead atoms. The number of alkyl carbamates (subject to hydrolysis) is 1. The van der Waals surface area contributed by atoms with Gasteiger partial charge >= 0.3 is 18.3 Å². The number of nitro benzene ring substituents is 1. The fourth-order valence-electron chi connectivity index (χ4n) is 3.19. The molecule has 3 rings (SSSR count). The van der Waals surface area contributed by atoms with E-state index in [4.69, 9.17) is 9.47 Å². The number of halogens is 3. The van der Waals surface area contributed by atoms with E-state index >= 15 is 0 Å². The molecule has 0 spiro atoms. The number of ether oxygens (including phenoxy) is 2. The van der Waals surface area contributed by atoms with Gasteiger partial charge in [0.25, 0.3) is 5.69 Å². The fraction of sp³-hybridized carbons (Fsp3) is 0.526. The molecule has 32 heavy (non-hydrogen) atoms. The quantitative estimate of drug-likeness (QED) is 0.534. The zero-order valence-corrected chi connectivity index (χ0v) is 17.6. The average Bonchev–Trinajstić information content (AvgIpc) is 3.11. The van der Waals surface area contributed by atoms with Crippen LogP contribution >= 0.6 is 0 Å². The Kier molecular flexibility index (Phi) is 6.28. The summed E-state index contributed by atoms with van der Waals surface area (Å²) < 4.78 is 47.7. The molecule has 1 fully saturated rings. The molecule has 1 aromatic heterocycles. The minimum Gasteiger partial charge on any atom is -0.454 e. The molecule has 0 unspecified atom stereocenters. The van der Waals surface area contributed by atoms with E-state index in [2.05, 4.69) is 15.3 Å². The molecule has 13 heteroatoms. The van der Waals surface area contributed by atoms with Crippen LogP contribution in [0.1, 0.15) is 27.2 Å². The lowest BCUT2D eigenvalue weighted by atomic mass is 10.2. The second-order valence-electron chi connectivity index (χ2n) is 8.27. The highest BCUT2D eigenvalue weighted by atomic mass is 19.4. The number of amides is 1. The van der Waals surface area contributed by atoms with Crippen LogP contribution in [0.25, 0.3) is 10.9 Å². The van der Waals surface area contributed by atoms with Crippen molar-refractivity contribution in [3.63, 3.8) is 0 Å². The van der Waals surface area contributed by atoms with E-state index in [-0.39, 0.29) is 23.1 Å². The molecule has 174 valence electrons. The molecule has 10 nitrogen and oxygen atoms in total. The summed E-state index contributed by atoms with van der Waals surface area (Å²) in [6, 6.07) is 3.01. The molecule has 1 N–H and O–H groups in total. The summed E-state index contributed by atoms with van der Waals surface area (Å²) in [5, 5.41) is 14.3. The van der Waals surface area contributed by atoms with Crippen LogP contribution < -0.4 is 15.0 Å². The summed E-state index contributed by atoms with van der Waals surface area (Å²) in [6.45, 7) is 4.35. The number of hydrogen-bond acceptors (Lipinski definition) is 8. The van der Waals surface area contributed by atoms with Crippen molar-refractivity contribution in [3.05, 3.63) is 28.3 Å². The van der Waals surface area contributed by atoms with Crippen molar-refractivity contribution in [1.29, 1.82) is 0 Å². The van der Waals surface area contributed by atoms with Gasteiger partial charge in [-0.2, -0.15) is 23.1 Å². The third kappa shape index (κ3) is 6.08. The van der Waals surface area contributed by atoms with Crippen LogP contribution in [-0.2, 0) is 4.74 Å². The predicted molar refractivity (Wildman–Crippen MR) is 108 cm³/mol. The molecule has 2 heterocycles. The molecule has 0 saturated carbocycles. The number of rotatable bonds is 5. The van der Waals surface area contributed by atoms with Crippen molar-refractivity contribution in [2.75, 3.05) is 24.6 Å². The highest BCUT2D eigenvalue weighted by Gasteiger charge is 2.31. The number of nitrogens with zero attached hydrogens (tertiary/aromatic N) is 4. The maximum atomic E-state index is 12.6. The van der Waals surface area contributed by atoms with E-state index in [1.54, 1.807) is 25.7 Å². The average molecular weight is 457 g/mol. The van der Waals surface area contributed by atoms with E-state index in [1.165, 1.54) is 12.1 Å². The lowest BCUT2D eigenvalue weighted by Gasteiger charge is -2.22. The van der Waals surface area contributed by atoms with Crippen LogP contribution in [0.15, 0.2) is 18.2 Å². The molecule has 1 saturated heterocycles. The standard InChI is InChI=1S/C19H22F3N5O5/c1-18(2,3)32-17(28)23-11-6-7-26(9-11)15-13-5-4-12(27(29)30)8-14(13)24-16(25-15)31-10-19(20,21)22/h4-5,8,11H,6-7,9-10H2,1-3H3,(H,23,28)/t11-/m1/s1. The summed E-state index contributed by atoms with van der Waals surface area (Å²) in [4.78, 5) is 32.3. The summed E-state index contributed by atoms with van der Waals surface area (Å²) >= 11 is 0. The van der Waals surface area contributed by atoms with Gasteiger partial charge in [-0.3, -0.25) is 10.1 Å². The highest BCUT2D eigenvalue weighted by molar-refractivity contribution is 5.91. The molecule has 1 atom stereocenters. The number of nitrogens with one attached hydrogen (secondary N) is 1. The zero-order valence-electron chi connectivity index (χ0n) is 17.6. The fourth-order valence-corrected chi connectivity index (χ4v) is 3.19. The van der Waals surface area contributed by atoms with Crippen molar-refractivity contribution >= 4 is 28.5 Å². The van der Waals surface area contributed by atoms with Gasteiger partial charge in [-0.25, -0.2) is 4.79 Å². The van der Waals surface area contributed by atoms with E-state index in [0.717, 1.165) is 6.07 Å². The normalized spacial score (nSPS) is 16.8. The Morgan fingerprint density at radius 1 is 1.31 bits per heavy atom. The number of fused-ring (bicyclic) bond motifs is 1. The first-order chi connectivity index (χ1) is 14.8. The van der Waals surface area contributed by atoms with Crippen LogP contribution in [0.3, 0.4) is 0 Å². The van der Waals surface area contributed by atoms with Crippen molar-refractivity contribution in [1.82, 2.24) is 15.3 Å². The van der Waals surface area contributed by atoms with Crippen LogP contribution in [0.2, 0.25) is 0 Å². The molecule has 1 aliphatic rings. The minimum atomic E-state index is -4.60. The third-order valence-corrected chi connectivity index (χ3v) is 4.42. The summed E-state index contributed by atoms with van der Waals surface area (Å²) in [5.41, 5.74) is -0.857. The Morgan fingerprint density at radius 3 is 2.66 bits per heavy atom. The maximum Gasteiger partial charge on any atom is 0.422 e. The van der Waals surface area contributed by atoms with Crippen molar-refractivity contribution in [3.8, 4) is 6.01 Å². The third-order valence-electron chi connectivity index (χ3n) is 4.42. The molecule has 1 amide bonds. The first-order valence-corrected chi connectivity index (χ1v) is 9.71. The molecule has 1 aromatic carbocycles. The summed E-state index contributed by atoms with van der Waals surface area (Å²) in [7, 11) is 0. The number of aromatic nitrogens is 2. The largest absolute Gasteiger partial charge is 0.454 e. The summed E-state index contributed by atoms with van der Waals surface area (Å²) in [5.74, 6) is 0.260. The van der Waals surface area contributed by atoms with E-state index in [1.807, 2.05) is 0 Å². The first-order valence-electron chi connectivity index (χ1n) is 9.71. The Balaban J connectivity index is 1.87. The Bertz CT molecular complexity index is 1020. The van der Waals surface area contributed by atoms with Gasteiger partial charge in [-0.1, -0.05) is 0 Å².